The predicted molar refractivity (Wildman–Crippen MR) is 171 cm³/mol. The molecule has 0 atom stereocenters. The number of benzene rings is 3. The number of aliphatic hydroxyl groups excluding tert-OH is 1. The van der Waals surface area contributed by atoms with Gasteiger partial charge in [-0.15, -0.1) is 0 Å². The lowest BCUT2D eigenvalue weighted by molar-refractivity contribution is -0.154. The van der Waals surface area contributed by atoms with E-state index in [4.69, 9.17) is 9.47 Å². The molecule has 0 radical (unpaired) electrons. The van der Waals surface area contributed by atoms with Crippen LogP contribution in [0.3, 0.4) is 0 Å². The van der Waals surface area contributed by atoms with Crippen LogP contribution in [0.25, 0.3) is 17.0 Å². The van der Waals surface area contributed by atoms with Gasteiger partial charge in [0.1, 0.15) is 11.3 Å². The fraction of sp³-hybridized carbons (Fsp3) is 0.250. The van der Waals surface area contributed by atoms with Gasteiger partial charge in [0.15, 0.2) is 0 Å². The summed E-state index contributed by atoms with van der Waals surface area (Å²) in [7, 11) is 0. The number of carbonyl (C=O) groups is 3. The third-order valence-corrected chi connectivity index (χ3v) is 6.96. The molecule has 0 spiro atoms. The molecule has 4 rings (SSSR count). The van der Waals surface area contributed by atoms with Crippen LogP contribution in [-0.2, 0) is 38.4 Å². The number of hydrogen-bond donors (Lipinski definition) is 1. The van der Waals surface area contributed by atoms with E-state index in [2.05, 4.69) is 4.98 Å². The highest BCUT2D eigenvalue weighted by Crippen LogP contribution is 2.25. The Hall–Kier alpha value is -5.31. The second-order valence-corrected chi connectivity index (χ2v) is 10.6. The Kier molecular flexibility index (Phi) is 10.8. The van der Waals surface area contributed by atoms with Gasteiger partial charge in [0.25, 0.3) is 5.78 Å². The molecule has 0 aliphatic rings. The fourth-order valence-electron chi connectivity index (χ4n) is 4.91. The largest absolute Gasteiger partial charge is 0.507 e. The minimum Gasteiger partial charge on any atom is -0.507 e. The monoisotopic (exact) mass is 608 g/mol. The molecule has 0 aliphatic carbocycles. The van der Waals surface area contributed by atoms with Crippen LogP contribution in [0.5, 0.6) is 0 Å². The zero-order chi connectivity index (χ0) is 32.5. The van der Waals surface area contributed by atoms with Crippen LogP contribution in [-0.4, -0.2) is 45.1 Å². The Morgan fingerprint density at radius 2 is 1.60 bits per heavy atom. The van der Waals surface area contributed by atoms with Crippen LogP contribution < -0.4 is 5.69 Å². The third-order valence-electron chi connectivity index (χ3n) is 6.96. The highest BCUT2D eigenvalue weighted by Gasteiger charge is 2.24. The van der Waals surface area contributed by atoms with Crippen LogP contribution in [0, 0.1) is 0 Å². The molecule has 0 unspecified atom stereocenters. The maximum Gasteiger partial charge on any atom is 0.379 e. The van der Waals surface area contributed by atoms with Gasteiger partial charge in [-0.1, -0.05) is 79.7 Å². The van der Waals surface area contributed by atoms with E-state index < -0.39 is 29.5 Å². The zero-order valence-electron chi connectivity index (χ0n) is 25.8. The third kappa shape index (κ3) is 8.20. The summed E-state index contributed by atoms with van der Waals surface area (Å²) in [4.78, 5) is 54.6. The molecule has 1 heterocycles. The first-order chi connectivity index (χ1) is 21.6. The van der Waals surface area contributed by atoms with Crippen molar-refractivity contribution in [2.45, 2.75) is 53.2 Å². The van der Waals surface area contributed by atoms with Crippen molar-refractivity contribution >= 4 is 23.5 Å². The Labute approximate surface area is 261 Å². The van der Waals surface area contributed by atoms with Gasteiger partial charge in [0, 0.05) is 22.9 Å². The molecular weight excluding hydrogens is 572 g/mol. The van der Waals surface area contributed by atoms with Crippen LogP contribution in [0.15, 0.2) is 89.7 Å². The van der Waals surface area contributed by atoms with E-state index in [0.717, 1.165) is 22.8 Å². The van der Waals surface area contributed by atoms with E-state index >= 15 is 0 Å². The molecule has 0 aliphatic heterocycles. The lowest BCUT2D eigenvalue weighted by Gasteiger charge is -2.18. The van der Waals surface area contributed by atoms with E-state index in [1.807, 2.05) is 67.6 Å². The minimum absolute atomic E-state index is 0.195. The van der Waals surface area contributed by atoms with Crippen LogP contribution >= 0.6 is 0 Å². The molecule has 0 saturated heterocycles. The summed E-state index contributed by atoms with van der Waals surface area (Å²) in [5, 5.41) is 10.4. The van der Waals surface area contributed by atoms with Gasteiger partial charge in [-0.3, -0.25) is 9.36 Å². The second kappa shape index (κ2) is 14.9. The summed E-state index contributed by atoms with van der Waals surface area (Å²) < 4.78 is 11.8. The average molecular weight is 609 g/mol. The molecule has 0 fully saturated rings. The number of rotatable bonds is 12. The quantitative estimate of drug-likeness (QED) is 0.0939. The predicted octanol–water partition coefficient (Wildman–Crippen LogP) is 5.71. The van der Waals surface area contributed by atoms with Gasteiger partial charge < -0.3 is 14.6 Å². The normalized spacial score (nSPS) is 11.4. The van der Waals surface area contributed by atoms with Crippen molar-refractivity contribution in [1.29, 1.82) is 0 Å². The molecule has 4 aromatic rings. The molecule has 9 nitrogen and oxygen atoms in total. The number of hydrogen-bond acceptors (Lipinski definition) is 8. The molecule has 232 valence electrons. The van der Waals surface area contributed by atoms with Gasteiger partial charge >= 0.3 is 17.6 Å². The first-order valence-electron chi connectivity index (χ1n) is 14.8. The van der Waals surface area contributed by atoms with Crippen molar-refractivity contribution in [3.05, 3.63) is 129 Å². The molecule has 0 amide bonds. The molecule has 3 aromatic carbocycles. The summed E-state index contributed by atoms with van der Waals surface area (Å²) in [5.41, 5.74) is 4.46. The van der Waals surface area contributed by atoms with Crippen LogP contribution in [0.2, 0.25) is 0 Å². The van der Waals surface area contributed by atoms with E-state index in [9.17, 15) is 24.3 Å². The van der Waals surface area contributed by atoms with Crippen LogP contribution in [0.1, 0.15) is 66.0 Å². The highest BCUT2D eigenvalue weighted by atomic mass is 16.5. The van der Waals surface area contributed by atoms with E-state index in [0.29, 0.717) is 35.4 Å². The van der Waals surface area contributed by atoms with E-state index in [1.54, 1.807) is 39.0 Å². The van der Waals surface area contributed by atoms with Gasteiger partial charge in [0.05, 0.1) is 24.9 Å². The molecule has 0 bridgehead atoms. The Morgan fingerprint density at radius 1 is 0.911 bits per heavy atom. The van der Waals surface area contributed by atoms with Crippen molar-refractivity contribution in [2.24, 2.45) is 0 Å². The van der Waals surface area contributed by atoms with E-state index in [1.165, 1.54) is 4.57 Å². The Balaban J connectivity index is 1.56. The lowest BCUT2D eigenvalue weighted by atomic mass is 10.0. The number of ketones is 1. The summed E-state index contributed by atoms with van der Waals surface area (Å²) in [6.07, 6.45) is 1.37. The van der Waals surface area contributed by atoms with Crippen molar-refractivity contribution in [3.63, 3.8) is 0 Å². The number of carbonyl (C=O) groups excluding carboxylic acids is 3. The summed E-state index contributed by atoms with van der Waals surface area (Å²) in [6, 6.07) is 23.9. The molecular formula is C36H36N2O7. The number of aliphatic hydroxyl groups is 1. The second-order valence-electron chi connectivity index (χ2n) is 10.6. The van der Waals surface area contributed by atoms with Crippen LogP contribution in [0.4, 0.5) is 0 Å². The van der Waals surface area contributed by atoms with Crippen molar-refractivity contribution in [3.8, 4) is 11.3 Å². The zero-order valence-corrected chi connectivity index (χ0v) is 25.8. The summed E-state index contributed by atoms with van der Waals surface area (Å²) >= 11 is 0. The number of ether oxygens (including phenoxy) is 2. The highest BCUT2D eigenvalue weighted by molar-refractivity contribution is 6.39. The maximum absolute atomic E-state index is 13.3. The minimum atomic E-state index is -1.03. The summed E-state index contributed by atoms with van der Waals surface area (Å²) in [5.74, 6) is -2.81. The first kappa shape index (κ1) is 32.6. The Bertz CT molecular complexity index is 1770. The number of nitrogens with zero attached hydrogens (tertiary/aromatic N) is 2. The summed E-state index contributed by atoms with van der Waals surface area (Å²) in [6.45, 7) is 7.31. The smallest absolute Gasteiger partial charge is 0.379 e. The standard InChI is InChI=1S/C36H36N2O7/c1-5-29-32(35(42)44-6-2)33(27-12-8-7-9-13-27)37-36(43)38(29)22-25-17-15-24(16-18-25)19-26-11-10-14-28(20-26)30(39)21-31(40)34(41)45-23(3)4/h7-18,20-21,23,39H,5-6,19,22H2,1-4H3. The topological polar surface area (TPSA) is 125 Å². The number of esters is 2. The molecule has 0 saturated carbocycles. The lowest BCUT2D eigenvalue weighted by Crippen LogP contribution is -2.30. The maximum atomic E-state index is 13.3. The van der Waals surface area contributed by atoms with Gasteiger partial charge in [-0.25, -0.2) is 14.4 Å². The fourth-order valence-corrected chi connectivity index (χ4v) is 4.91. The van der Waals surface area contributed by atoms with E-state index in [-0.39, 0.29) is 24.5 Å². The van der Waals surface area contributed by atoms with Gasteiger partial charge in [0.2, 0.25) is 0 Å². The van der Waals surface area contributed by atoms with Crippen molar-refractivity contribution in [2.75, 3.05) is 6.61 Å². The first-order valence-corrected chi connectivity index (χ1v) is 14.8. The molecule has 1 N–H and O–H groups in total. The van der Waals surface area contributed by atoms with Gasteiger partial charge in [-0.2, -0.15) is 4.98 Å². The molecule has 1 aromatic heterocycles. The van der Waals surface area contributed by atoms with Crippen molar-refractivity contribution < 1.29 is 29.0 Å². The van der Waals surface area contributed by atoms with Crippen molar-refractivity contribution in [1.82, 2.24) is 9.55 Å². The van der Waals surface area contributed by atoms with Gasteiger partial charge in [-0.05, 0) is 56.4 Å². The average Bonchev–Trinajstić information content (AvgIpc) is 3.02. The SMILES string of the molecule is CCOC(=O)c1c(-c2ccccc2)nc(=O)n(Cc2ccc(Cc3cccc(C(O)=CC(=O)C(=O)OC(C)C)c3)cc2)c1CC. The molecule has 45 heavy (non-hydrogen) atoms. The molecule has 9 heteroatoms. The Morgan fingerprint density at radius 3 is 2.24 bits per heavy atom. The number of aromatic nitrogens is 2.